The highest BCUT2D eigenvalue weighted by Crippen LogP contribution is 2.34. The highest BCUT2D eigenvalue weighted by molar-refractivity contribution is 6.13. The van der Waals surface area contributed by atoms with E-state index in [-0.39, 0.29) is 36.2 Å². The van der Waals surface area contributed by atoms with E-state index >= 15 is 0 Å². The number of imide groups is 1. The summed E-state index contributed by atoms with van der Waals surface area (Å²) in [7, 11) is 0. The first-order chi connectivity index (χ1) is 11.6. The third-order valence-corrected chi connectivity index (χ3v) is 4.28. The molecule has 1 fully saturated rings. The minimum absolute atomic E-state index is 0.162. The maximum Gasteiger partial charge on any atom is 0.253 e. The SMILES string of the molecule is CCCO[C@@H]1[C@@H](OCCC)[C@@H](N2C(=O)C=CC2=O)C[C@@H]1OCCC. The predicted octanol–water partition coefficient (Wildman–Crippen LogP) is 2.07. The molecule has 6 nitrogen and oxygen atoms in total. The topological polar surface area (TPSA) is 65.1 Å². The predicted molar refractivity (Wildman–Crippen MR) is 89.5 cm³/mol. The van der Waals surface area contributed by atoms with Gasteiger partial charge in [0.25, 0.3) is 11.8 Å². The Kier molecular flexibility index (Phi) is 7.40. The zero-order valence-electron chi connectivity index (χ0n) is 14.9. The number of rotatable bonds is 10. The number of nitrogens with zero attached hydrogens (tertiary/aromatic N) is 1. The van der Waals surface area contributed by atoms with Gasteiger partial charge in [0.1, 0.15) is 12.2 Å². The average molecular weight is 339 g/mol. The van der Waals surface area contributed by atoms with Crippen molar-refractivity contribution in [1.82, 2.24) is 4.90 Å². The standard InChI is InChI=1S/C18H29NO5/c1-4-9-22-14-12-13(19-15(20)7-8-16(19)21)17(23-10-5-2)18(14)24-11-6-3/h7-8,13-14,17-18H,4-6,9-12H2,1-3H3/t13-,14-,17-,18-/m0/s1. The van der Waals surface area contributed by atoms with Gasteiger partial charge in [-0.05, 0) is 25.7 Å². The highest BCUT2D eigenvalue weighted by Gasteiger charge is 2.51. The Hall–Kier alpha value is -1.24. The van der Waals surface area contributed by atoms with Crippen molar-refractivity contribution in [2.75, 3.05) is 19.8 Å². The molecule has 136 valence electrons. The summed E-state index contributed by atoms with van der Waals surface area (Å²) in [6.07, 6.45) is 5.11. The van der Waals surface area contributed by atoms with Crippen molar-refractivity contribution in [3.63, 3.8) is 0 Å². The molecule has 1 aliphatic carbocycles. The van der Waals surface area contributed by atoms with Crippen molar-refractivity contribution in [3.05, 3.63) is 12.2 Å². The van der Waals surface area contributed by atoms with Gasteiger partial charge in [-0.2, -0.15) is 0 Å². The Morgan fingerprint density at radius 3 is 1.92 bits per heavy atom. The van der Waals surface area contributed by atoms with Crippen LogP contribution in [0.5, 0.6) is 0 Å². The van der Waals surface area contributed by atoms with Gasteiger partial charge in [-0.25, -0.2) is 0 Å². The molecule has 0 aromatic heterocycles. The fourth-order valence-corrected chi connectivity index (χ4v) is 3.28. The Morgan fingerprint density at radius 1 is 0.875 bits per heavy atom. The number of carbonyl (C=O) groups is 2. The first-order valence-corrected chi connectivity index (χ1v) is 9.04. The molecule has 1 aliphatic heterocycles. The molecule has 0 radical (unpaired) electrons. The molecule has 0 spiro atoms. The van der Waals surface area contributed by atoms with Crippen LogP contribution in [0.25, 0.3) is 0 Å². The molecule has 4 atom stereocenters. The Bertz CT molecular complexity index is 446. The second-order valence-electron chi connectivity index (χ2n) is 6.26. The molecule has 0 aromatic carbocycles. The van der Waals surface area contributed by atoms with E-state index in [0.717, 1.165) is 19.3 Å². The van der Waals surface area contributed by atoms with Crippen LogP contribution in [0.4, 0.5) is 0 Å². The molecule has 2 rings (SSSR count). The fraction of sp³-hybridized carbons (Fsp3) is 0.778. The zero-order chi connectivity index (χ0) is 17.5. The van der Waals surface area contributed by atoms with Crippen molar-refractivity contribution in [3.8, 4) is 0 Å². The summed E-state index contributed by atoms with van der Waals surface area (Å²) in [6.45, 7) is 7.94. The van der Waals surface area contributed by atoms with E-state index in [0.29, 0.717) is 26.2 Å². The summed E-state index contributed by atoms with van der Waals surface area (Å²) in [6, 6.07) is -0.338. The molecule has 1 heterocycles. The van der Waals surface area contributed by atoms with Gasteiger partial charge in [-0.3, -0.25) is 14.5 Å². The van der Waals surface area contributed by atoms with Crippen LogP contribution < -0.4 is 0 Å². The van der Waals surface area contributed by atoms with Crippen LogP contribution in [-0.4, -0.2) is 60.9 Å². The van der Waals surface area contributed by atoms with Gasteiger partial charge in [0.15, 0.2) is 0 Å². The van der Waals surface area contributed by atoms with Crippen molar-refractivity contribution in [2.24, 2.45) is 0 Å². The highest BCUT2D eigenvalue weighted by atomic mass is 16.6. The van der Waals surface area contributed by atoms with Crippen molar-refractivity contribution < 1.29 is 23.8 Å². The number of hydrogen-bond acceptors (Lipinski definition) is 5. The molecule has 0 saturated heterocycles. The lowest BCUT2D eigenvalue weighted by molar-refractivity contribution is -0.146. The van der Waals surface area contributed by atoms with Crippen LogP contribution in [0.1, 0.15) is 46.5 Å². The summed E-state index contributed by atoms with van der Waals surface area (Å²) >= 11 is 0. The minimum atomic E-state index is -0.342. The number of amides is 2. The van der Waals surface area contributed by atoms with Crippen molar-refractivity contribution >= 4 is 11.8 Å². The second-order valence-corrected chi connectivity index (χ2v) is 6.26. The van der Waals surface area contributed by atoms with Crippen LogP contribution in [0.15, 0.2) is 12.2 Å². The summed E-state index contributed by atoms with van der Waals surface area (Å²) in [5.74, 6) is -0.555. The molecule has 0 bridgehead atoms. The molecule has 6 heteroatoms. The largest absolute Gasteiger partial charge is 0.375 e. The maximum absolute atomic E-state index is 12.1. The third-order valence-electron chi connectivity index (χ3n) is 4.28. The second kappa shape index (κ2) is 9.30. The maximum atomic E-state index is 12.1. The Morgan fingerprint density at radius 2 is 1.38 bits per heavy atom. The van der Waals surface area contributed by atoms with E-state index < -0.39 is 0 Å². The molecule has 0 unspecified atom stereocenters. The van der Waals surface area contributed by atoms with Gasteiger partial charge in [0, 0.05) is 32.0 Å². The normalized spacial score (nSPS) is 29.9. The number of ether oxygens (including phenoxy) is 3. The first-order valence-electron chi connectivity index (χ1n) is 9.04. The average Bonchev–Trinajstić information content (AvgIpc) is 3.08. The monoisotopic (exact) mass is 339 g/mol. The van der Waals surface area contributed by atoms with Gasteiger partial charge < -0.3 is 14.2 Å². The number of carbonyl (C=O) groups excluding carboxylic acids is 2. The Labute approximate surface area is 144 Å². The molecule has 1 saturated carbocycles. The van der Waals surface area contributed by atoms with Gasteiger partial charge in [-0.1, -0.05) is 20.8 Å². The third kappa shape index (κ3) is 4.23. The van der Waals surface area contributed by atoms with E-state index in [9.17, 15) is 9.59 Å². The van der Waals surface area contributed by atoms with E-state index in [2.05, 4.69) is 6.92 Å². The number of hydrogen-bond donors (Lipinski definition) is 0. The van der Waals surface area contributed by atoms with Gasteiger partial charge in [0.05, 0.1) is 12.1 Å². The molecular weight excluding hydrogens is 310 g/mol. The van der Waals surface area contributed by atoms with Crippen LogP contribution in [0.3, 0.4) is 0 Å². The van der Waals surface area contributed by atoms with Crippen LogP contribution in [-0.2, 0) is 23.8 Å². The quantitative estimate of drug-likeness (QED) is 0.570. The summed E-state index contributed by atoms with van der Waals surface area (Å²) < 4.78 is 18.0. The minimum Gasteiger partial charge on any atom is -0.375 e. The van der Waals surface area contributed by atoms with Crippen LogP contribution >= 0.6 is 0 Å². The van der Waals surface area contributed by atoms with Crippen molar-refractivity contribution in [1.29, 1.82) is 0 Å². The lowest BCUT2D eigenvalue weighted by Gasteiger charge is -2.30. The molecule has 0 aromatic rings. The summed E-state index contributed by atoms with van der Waals surface area (Å²) in [4.78, 5) is 25.5. The van der Waals surface area contributed by atoms with E-state index in [1.807, 2.05) is 13.8 Å². The smallest absolute Gasteiger partial charge is 0.253 e. The fourth-order valence-electron chi connectivity index (χ4n) is 3.28. The lowest BCUT2D eigenvalue weighted by Crippen LogP contribution is -2.48. The molecular formula is C18H29NO5. The van der Waals surface area contributed by atoms with Gasteiger partial charge >= 0.3 is 0 Å². The molecule has 2 amide bonds. The summed E-state index contributed by atoms with van der Waals surface area (Å²) in [5.41, 5.74) is 0. The zero-order valence-corrected chi connectivity index (χ0v) is 14.9. The lowest BCUT2D eigenvalue weighted by atomic mass is 10.1. The van der Waals surface area contributed by atoms with Crippen molar-refractivity contribution in [2.45, 2.75) is 70.8 Å². The van der Waals surface area contributed by atoms with Gasteiger partial charge in [0.2, 0.25) is 0 Å². The summed E-state index contributed by atoms with van der Waals surface area (Å²) in [5, 5.41) is 0. The van der Waals surface area contributed by atoms with E-state index in [1.165, 1.54) is 17.1 Å². The van der Waals surface area contributed by atoms with E-state index in [4.69, 9.17) is 14.2 Å². The van der Waals surface area contributed by atoms with Crippen LogP contribution in [0, 0.1) is 0 Å². The molecule has 24 heavy (non-hydrogen) atoms. The molecule has 2 aliphatic rings. The molecule has 0 N–H and O–H groups in total. The first kappa shape index (κ1) is 19.1. The van der Waals surface area contributed by atoms with Gasteiger partial charge in [-0.15, -0.1) is 0 Å². The van der Waals surface area contributed by atoms with Crippen LogP contribution in [0.2, 0.25) is 0 Å². The Balaban J connectivity index is 2.19. The van der Waals surface area contributed by atoms with E-state index in [1.54, 1.807) is 0 Å².